The number of rotatable bonds is 3. The number of nitrogens with zero attached hydrogens (tertiary/aromatic N) is 1. The summed E-state index contributed by atoms with van der Waals surface area (Å²) in [7, 11) is 0. The molecule has 0 aliphatic heterocycles. The normalized spacial score (nSPS) is 8.33. The Balaban J connectivity index is 0. The highest BCUT2D eigenvalue weighted by atomic mass is 16.6. The van der Waals surface area contributed by atoms with Crippen LogP contribution < -0.4 is 0 Å². The molecule has 1 rings (SSSR count). The van der Waals surface area contributed by atoms with E-state index in [1.54, 1.807) is 12.1 Å². The second kappa shape index (κ2) is 10.5. The Hall–Kier alpha value is -1.64. The van der Waals surface area contributed by atoms with Crippen LogP contribution in [0.5, 0.6) is 0 Å². The number of aryl methyl sites for hydroxylation is 1. The van der Waals surface area contributed by atoms with Crippen LogP contribution in [-0.4, -0.2) is 4.92 Å². The van der Waals surface area contributed by atoms with Crippen LogP contribution >= 0.6 is 0 Å². The topological polar surface area (TPSA) is 43.1 Å². The van der Waals surface area contributed by atoms with E-state index in [1.165, 1.54) is 0 Å². The lowest BCUT2D eigenvalue weighted by molar-refractivity contribution is -0.385. The zero-order valence-electron chi connectivity index (χ0n) is 12.4. The van der Waals surface area contributed by atoms with Crippen LogP contribution in [-0.2, 0) is 6.42 Å². The number of allylic oxidation sites excluding steroid dienone is 1. The van der Waals surface area contributed by atoms with Crippen LogP contribution in [0.2, 0.25) is 0 Å². The van der Waals surface area contributed by atoms with Gasteiger partial charge in [0.05, 0.1) is 4.92 Å². The number of nitro benzene ring substituents is 1. The molecule has 0 amide bonds. The molecule has 3 heteroatoms. The Labute approximate surface area is 111 Å². The first-order valence-electron chi connectivity index (χ1n) is 6.49. The minimum absolute atomic E-state index is 0.188. The van der Waals surface area contributed by atoms with Crippen LogP contribution in [0.3, 0.4) is 0 Å². The van der Waals surface area contributed by atoms with E-state index in [-0.39, 0.29) is 10.6 Å². The quantitative estimate of drug-likeness (QED) is 0.544. The first-order valence-corrected chi connectivity index (χ1v) is 6.49. The molecule has 102 valence electrons. The maximum atomic E-state index is 10.7. The van der Waals surface area contributed by atoms with E-state index >= 15 is 0 Å². The van der Waals surface area contributed by atoms with Crippen molar-refractivity contribution in [1.82, 2.24) is 0 Å². The van der Waals surface area contributed by atoms with Crippen LogP contribution in [0.4, 0.5) is 5.69 Å². The average molecular weight is 251 g/mol. The Morgan fingerprint density at radius 2 is 1.78 bits per heavy atom. The third-order valence-electron chi connectivity index (χ3n) is 2.16. The Kier molecular flexibility index (Phi) is 10.9. The SMILES string of the molecule is C=C(C)c1ccc(CC)c([N+](=O)[O-])c1.CC.CC. The summed E-state index contributed by atoms with van der Waals surface area (Å²) in [6.07, 6.45) is 0.673. The van der Waals surface area contributed by atoms with Gasteiger partial charge in [0.25, 0.3) is 5.69 Å². The van der Waals surface area contributed by atoms with E-state index in [0.29, 0.717) is 6.42 Å². The van der Waals surface area contributed by atoms with Crippen molar-refractivity contribution in [2.24, 2.45) is 0 Å². The minimum Gasteiger partial charge on any atom is -0.258 e. The molecule has 0 unspecified atom stereocenters. The number of benzene rings is 1. The molecule has 0 spiro atoms. The summed E-state index contributed by atoms with van der Waals surface area (Å²) >= 11 is 0. The standard InChI is InChI=1S/C11H13NO2.2C2H6/c1-4-9-5-6-10(8(2)3)7-11(9)12(13)14;2*1-2/h5-7H,2,4H2,1,3H3;2*1-2H3. The predicted octanol–water partition coefficient (Wildman–Crippen LogP) is 5.24. The van der Waals surface area contributed by atoms with Crippen LogP contribution in [0.1, 0.15) is 52.7 Å². The lowest BCUT2D eigenvalue weighted by Crippen LogP contribution is -1.95. The Bertz CT molecular complexity index is 384. The maximum Gasteiger partial charge on any atom is 0.273 e. The van der Waals surface area contributed by atoms with Gasteiger partial charge < -0.3 is 0 Å². The van der Waals surface area contributed by atoms with Gasteiger partial charge in [-0.3, -0.25) is 10.1 Å². The van der Waals surface area contributed by atoms with E-state index in [2.05, 4.69) is 6.58 Å². The fraction of sp³-hybridized carbons (Fsp3) is 0.467. The highest BCUT2D eigenvalue weighted by Crippen LogP contribution is 2.23. The molecule has 1 aromatic rings. The van der Waals surface area contributed by atoms with E-state index < -0.39 is 0 Å². The molecular formula is C15H25NO2. The summed E-state index contributed by atoms with van der Waals surface area (Å²) in [4.78, 5) is 10.4. The Morgan fingerprint density at radius 3 is 2.11 bits per heavy atom. The van der Waals surface area contributed by atoms with E-state index in [1.807, 2.05) is 47.6 Å². The van der Waals surface area contributed by atoms with Gasteiger partial charge in [0.1, 0.15) is 0 Å². The van der Waals surface area contributed by atoms with Crippen molar-refractivity contribution in [2.45, 2.75) is 48.0 Å². The molecule has 0 aliphatic carbocycles. The summed E-state index contributed by atoms with van der Waals surface area (Å²) in [5.41, 5.74) is 2.62. The molecule has 0 saturated heterocycles. The third-order valence-corrected chi connectivity index (χ3v) is 2.16. The first-order chi connectivity index (χ1) is 8.56. The Morgan fingerprint density at radius 1 is 1.28 bits per heavy atom. The summed E-state index contributed by atoms with van der Waals surface area (Å²) in [6, 6.07) is 5.25. The molecule has 18 heavy (non-hydrogen) atoms. The molecule has 0 bridgehead atoms. The molecule has 3 nitrogen and oxygen atoms in total. The minimum atomic E-state index is -0.342. The van der Waals surface area contributed by atoms with Crippen molar-refractivity contribution >= 4 is 11.3 Å². The van der Waals surface area contributed by atoms with Crippen LogP contribution in [0, 0.1) is 10.1 Å². The van der Waals surface area contributed by atoms with Gasteiger partial charge in [-0.05, 0) is 18.9 Å². The highest BCUT2D eigenvalue weighted by Gasteiger charge is 2.12. The lowest BCUT2D eigenvalue weighted by atomic mass is 10.0. The van der Waals surface area contributed by atoms with Gasteiger partial charge in [0, 0.05) is 11.6 Å². The molecule has 0 atom stereocenters. The number of hydrogen-bond acceptors (Lipinski definition) is 2. The van der Waals surface area contributed by atoms with E-state index in [0.717, 1.165) is 16.7 Å². The van der Waals surface area contributed by atoms with Crippen molar-refractivity contribution in [1.29, 1.82) is 0 Å². The van der Waals surface area contributed by atoms with Crippen LogP contribution in [0.15, 0.2) is 24.8 Å². The van der Waals surface area contributed by atoms with E-state index in [9.17, 15) is 10.1 Å². The molecule has 0 heterocycles. The molecule has 0 N–H and O–H groups in total. The lowest BCUT2D eigenvalue weighted by Gasteiger charge is -2.03. The van der Waals surface area contributed by atoms with E-state index in [4.69, 9.17) is 0 Å². The van der Waals surface area contributed by atoms with Gasteiger partial charge >= 0.3 is 0 Å². The largest absolute Gasteiger partial charge is 0.273 e. The van der Waals surface area contributed by atoms with Crippen LogP contribution in [0.25, 0.3) is 5.57 Å². The highest BCUT2D eigenvalue weighted by molar-refractivity contribution is 5.64. The first kappa shape index (κ1) is 18.7. The average Bonchev–Trinajstić information content (AvgIpc) is 2.42. The van der Waals surface area contributed by atoms with Gasteiger partial charge in [-0.1, -0.05) is 58.9 Å². The fourth-order valence-corrected chi connectivity index (χ4v) is 1.30. The molecule has 0 radical (unpaired) electrons. The molecule has 0 aromatic heterocycles. The van der Waals surface area contributed by atoms with Crippen molar-refractivity contribution in [2.75, 3.05) is 0 Å². The van der Waals surface area contributed by atoms with Crippen molar-refractivity contribution < 1.29 is 4.92 Å². The number of hydrogen-bond donors (Lipinski definition) is 0. The maximum absolute atomic E-state index is 10.7. The monoisotopic (exact) mass is 251 g/mol. The summed E-state index contributed by atoms with van der Waals surface area (Å²) in [6.45, 7) is 15.5. The van der Waals surface area contributed by atoms with Gasteiger partial charge in [0.15, 0.2) is 0 Å². The molecule has 0 aliphatic rings. The molecule has 0 saturated carbocycles. The smallest absolute Gasteiger partial charge is 0.258 e. The second-order valence-electron chi connectivity index (χ2n) is 3.23. The van der Waals surface area contributed by atoms with Crippen molar-refractivity contribution in [3.05, 3.63) is 46.0 Å². The predicted molar refractivity (Wildman–Crippen MR) is 79.9 cm³/mol. The number of nitro groups is 1. The van der Waals surface area contributed by atoms with Crippen molar-refractivity contribution in [3.8, 4) is 0 Å². The zero-order chi connectivity index (χ0) is 14.7. The van der Waals surface area contributed by atoms with Gasteiger partial charge in [-0.15, -0.1) is 0 Å². The van der Waals surface area contributed by atoms with Gasteiger partial charge in [0.2, 0.25) is 0 Å². The van der Waals surface area contributed by atoms with Crippen molar-refractivity contribution in [3.63, 3.8) is 0 Å². The summed E-state index contributed by atoms with van der Waals surface area (Å²) in [5.74, 6) is 0. The summed E-state index contributed by atoms with van der Waals surface area (Å²) < 4.78 is 0. The second-order valence-corrected chi connectivity index (χ2v) is 3.23. The van der Waals surface area contributed by atoms with Gasteiger partial charge in [-0.2, -0.15) is 0 Å². The summed E-state index contributed by atoms with van der Waals surface area (Å²) in [5, 5.41) is 10.7. The molecular weight excluding hydrogens is 226 g/mol. The third kappa shape index (κ3) is 5.62. The zero-order valence-corrected chi connectivity index (χ0v) is 12.4. The molecule has 0 fully saturated rings. The fourth-order valence-electron chi connectivity index (χ4n) is 1.30. The molecule has 1 aromatic carbocycles. The van der Waals surface area contributed by atoms with Gasteiger partial charge in [-0.25, -0.2) is 0 Å².